The maximum Gasteiger partial charge on any atom is 0.253 e. The molecule has 5 nitrogen and oxygen atoms in total. The third-order valence-electron chi connectivity index (χ3n) is 8.93. The average molecular weight is 476 g/mol. The van der Waals surface area contributed by atoms with Crippen LogP contribution in [0.5, 0.6) is 0 Å². The topological polar surface area (TPSA) is 52.7 Å². The Morgan fingerprint density at radius 1 is 0.857 bits per heavy atom. The molecule has 7 rings (SSSR count). The molecule has 35 heavy (non-hydrogen) atoms. The fourth-order valence-corrected chi connectivity index (χ4v) is 7.56. The van der Waals surface area contributed by atoms with Crippen LogP contribution in [0.2, 0.25) is 0 Å². The molecule has 1 aliphatic heterocycles. The van der Waals surface area contributed by atoms with Gasteiger partial charge in [0.05, 0.1) is 5.69 Å². The maximum absolute atomic E-state index is 14.1. The zero-order valence-corrected chi connectivity index (χ0v) is 20.2. The van der Waals surface area contributed by atoms with Gasteiger partial charge in [-0.15, -0.1) is 0 Å². The van der Waals surface area contributed by atoms with Crippen molar-refractivity contribution in [1.29, 1.82) is 0 Å². The number of nitrogens with zero attached hydrogens (tertiary/aromatic N) is 2. The van der Waals surface area contributed by atoms with Gasteiger partial charge >= 0.3 is 0 Å². The molecule has 1 saturated heterocycles. The molecule has 2 aromatic carbocycles. The van der Waals surface area contributed by atoms with E-state index in [2.05, 4.69) is 5.32 Å². The quantitative estimate of drug-likeness (QED) is 0.687. The number of hydrogen-bond acceptors (Lipinski definition) is 3. The maximum atomic E-state index is 14.1. The molecular formula is C29H34FN3O2. The lowest BCUT2D eigenvalue weighted by molar-refractivity contribution is -0.146. The zero-order chi connectivity index (χ0) is 24.0. The van der Waals surface area contributed by atoms with Gasteiger partial charge in [-0.05, 0) is 86.1 Å². The third-order valence-corrected chi connectivity index (χ3v) is 8.93. The van der Waals surface area contributed by atoms with E-state index in [0.29, 0.717) is 44.0 Å². The monoisotopic (exact) mass is 475 g/mol. The van der Waals surface area contributed by atoms with Crippen molar-refractivity contribution in [2.75, 3.05) is 31.1 Å². The highest BCUT2D eigenvalue weighted by Crippen LogP contribution is 2.60. The normalized spacial score (nSPS) is 29.3. The predicted octanol–water partition coefficient (Wildman–Crippen LogP) is 4.62. The first kappa shape index (κ1) is 22.6. The lowest BCUT2D eigenvalue weighted by Gasteiger charge is -2.55. The molecule has 184 valence electrons. The highest BCUT2D eigenvalue weighted by molar-refractivity contribution is 5.94. The van der Waals surface area contributed by atoms with Crippen molar-refractivity contribution in [3.05, 3.63) is 65.5 Å². The van der Waals surface area contributed by atoms with E-state index in [4.69, 9.17) is 0 Å². The lowest BCUT2D eigenvalue weighted by Crippen LogP contribution is -2.53. The summed E-state index contributed by atoms with van der Waals surface area (Å²) in [6.45, 7) is 2.87. The standard InChI is InChI=1S/C29H34FN3O2/c30-25-3-1-2-4-26(25)32-9-11-33(12-10-32)27(34)24-7-5-20(6-8-24)19-31-28(35)29-16-21-13-22(17-29)15-23(14-21)18-29/h1-8,21-23H,9-19H2,(H,31,35). The minimum absolute atomic E-state index is 0.00216. The van der Waals surface area contributed by atoms with Gasteiger partial charge < -0.3 is 15.1 Å². The average Bonchev–Trinajstić information content (AvgIpc) is 2.87. The van der Waals surface area contributed by atoms with E-state index >= 15 is 0 Å². The number of rotatable bonds is 5. The number of carbonyl (C=O) groups excluding carboxylic acids is 2. The summed E-state index contributed by atoms with van der Waals surface area (Å²) in [6.07, 6.45) is 7.22. The van der Waals surface area contributed by atoms with Crippen LogP contribution in [0.3, 0.4) is 0 Å². The SMILES string of the molecule is O=C(c1ccc(CNC(=O)C23CC4CC(CC(C4)C2)C3)cc1)N1CCN(c2ccccc2F)CC1. The first-order valence-corrected chi connectivity index (χ1v) is 13.2. The summed E-state index contributed by atoms with van der Waals surface area (Å²) in [5, 5.41) is 3.22. The number of amides is 2. The van der Waals surface area contributed by atoms with Gasteiger partial charge in [-0.25, -0.2) is 4.39 Å². The second-order valence-corrected chi connectivity index (χ2v) is 11.3. The predicted molar refractivity (Wildman–Crippen MR) is 133 cm³/mol. The summed E-state index contributed by atoms with van der Waals surface area (Å²) >= 11 is 0. The number of hydrogen-bond donors (Lipinski definition) is 1. The Bertz CT molecular complexity index is 1070. The molecule has 2 amide bonds. The number of anilines is 1. The van der Waals surface area contributed by atoms with Crippen LogP contribution in [0.4, 0.5) is 10.1 Å². The molecule has 0 unspecified atom stereocenters. The third kappa shape index (κ3) is 4.32. The van der Waals surface area contributed by atoms with Crippen molar-refractivity contribution in [3.8, 4) is 0 Å². The lowest BCUT2D eigenvalue weighted by atomic mass is 9.49. The molecule has 6 heteroatoms. The fourth-order valence-electron chi connectivity index (χ4n) is 7.56. The van der Waals surface area contributed by atoms with Crippen molar-refractivity contribution in [3.63, 3.8) is 0 Å². The van der Waals surface area contributed by atoms with Gasteiger partial charge in [0.1, 0.15) is 5.82 Å². The van der Waals surface area contributed by atoms with Crippen LogP contribution in [0.25, 0.3) is 0 Å². The van der Waals surface area contributed by atoms with Gasteiger partial charge in [-0.2, -0.15) is 0 Å². The first-order valence-electron chi connectivity index (χ1n) is 13.2. The van der Waals surface area contributed by atoms with Crippen LogP contribution in [-0.4, -0.2) is 42.9 Å². The van der Waals surface area contributed by atoms with Crippen LogP contribution < -0.4 is 10.2 Å². The van der Waals surface area contributed by atoms with E-state index in [1.165, 1.54) is 25.3 Å². The molecule has 0 atom stereocenters. The second kappa shape index (κ2) is 8.96. The molecule has 5 aliphatic rings. The highest BCUT2D eigenvalue weighted by atomic mass is 19.1. The number of carbonyl (C=O) groups is 2. The van der Waals surface area contributed by atoms with Gasteiger partial charge in [0.15, 0.2) is 0 Å². The molecule has 0 aromatic heterocycles. The van der Waals surface area contributed by atoms with E-state index in [9.17, 15) is 14.0 Å². The number of benzene rings is 2. The molecule has 0 radical (unpaired) electrons. The van der Waals surface area contributed by atoms with Crippen LogP contribution in [0.15, 0.2) is 48.5 Å². The summed E-state index contributed by atoms with van der Waals surface area (Å²) < 4.78 is 14.1. The van der Waals surface area contributed by atoms with Crippen molar-refractivity contribution in [2.45, 2.75) is 45.1 Å². The number of piperazine rings is 1. The van der Waals surface area contributed by atoms with Crippen molar-refractivity contribution >= 4 is 17.5 Å². The molecular weight excluding hydrogens is 441 g/mol. The molecule has 4 aliphatic carbocycles. The van der Waals surface area contributed by atoms with Gasteiger partial charge in [0, 0.05) is 43.7 Å². The van der Waals surface area contributed by atoms with E-state index in [-0.39, 0.29) is 23.0 Å². The van der Waals surface area contributed by atoms with Gasteiger partial charge in [-0.1, -0.05) is 24.3 Å². The van der Waals surface area contributed by atoms with Crippen LogP contribution in [0.1, 0.15) is 54.4 Å². The molecule has 5 fully saturated rings. The minimum Gasteiger partial charge on any atom is -0.366 e. The minimum atomic E-state index is -0.224. The molecule has 1 N–H and O–H groups in total. The van der Waals surface area contributed by atoms with Crippen LogP contribution >= 0.6 is 0 Å². The smallest absolute Gasteiger partial charge is 0.253 e. The summed E-state index contributed by atoms with van der Waals surface area (Å²) in [7, 11) is 0. The summed E-state index contributed by atoms with van der Waals surface area (Å²) in [4.78, 5) is 30.0. The van der Waals surface area contributed by atoms with Gasteiger partial charge in [0.25, 0.3) is 5.91 Å². The second-order valence-electron chi connectivity index (χ2n) is 11.3. The first-order chi connectivity index (χ1) is 17.0. The molecule has 2 aromatic rings. The number of nitrogens with one attached hydrogen (secondary N) is 1. The molecule has 0 spiro atoms. The zero-order valence-electron chi connectivity index (χ0n) is 20.2. The largest absolute Gasteiger partial charge is 0.366 e. The van der Waals surface area contributed by atoms with Crippen molar-refractivity contribution in [1.82, 2.24) is 10.2 Å². The highest BCUT2D eigenvalue weighted by Gasteiger charge is 2.54. The molecule has 4 bridgehead atoms. The van der Waals surface area contributed by atoms with Crippen LogP contribution in [-0.2, 0) is 11.3 Å². The van der Waals surface area contributed by atoms with Crippen molar-refractivity contribution < 1.29 is 14.0 Å². The van der Waals surface area contributed by atoms with E-state index in [0.717, 1.165) is 42.6 Å². The summed E-state index contributed by atoms with van der Waals surface area (Å²) in [5.74, 6) is 2.28. The van der Waals surface area contributed by atoms with Crippen LogP contribution in [0, 0.1) is 29.0 Å². The Morgan fingerprint density at radius 3 is 2.06 bits per heavy atom. The van der Waals surface area contributed by atoms with Gasteiger partial charge in [-0.3, -0.25) is 9.59 Å². The summed E-state index contributed by atoms with van der Waals surface area (Å²) in [6, 6.07) is 14.4. The van der Waals surface area contributed by atoms with Crippen molar-refractivity contribution in [2.24, 2.45) is 23.2 Å². The molecule has 1 heterocycles. The Morgan fingerprint density at radius 2 is 1.46 bits per heavy atom. The van der Waals surface area contributed by atoms with E-state index in [1.807, 2.05) is 40.1 Å². The fraction of sp³-hybridized carbons (Fsp3) is 0.517. The number of halogens is 1. The van der Waals surface area contributed by atoms with E-state index in [1.54, 1.807) is 12.1 Å². The van der Waals surface area contributed by atoms with Gasteiger partial charge in [0.2, 0.25) is 5.91 Å². The summed E-state index contributed by atoms with van der Waals surface area (Å²) in [5.41, 5.74) is 2.14. The Balaban J connectivity index is 1.02. The Hall–Kier alpha value is -2.89. The van der Waals surface area contributed by atoms with E-state index < -0.39 is 0 Å². The Labute approximate surface area is 206 Å². The molecule has 4 saturated carbocycles. The number of para-hydroxylation sites is 1. The Kier molecular flexibility index (Phi) is 5.78.